The molecule has 1 aliphatic heterocycles. The number of fused-ring (bicyclic) bond motifs is 1. The first kappa shape index (κ1) is 21.7. The fourth-order valence-electron chi connectivity index (χ4n) is 5.25. The van der Waals surface area contributed by atoms with E-state index in [-0.39, 0.29) is 18.0 Å². The monoisotopic (exact) mass is 467 g/mol. The Balaban J connectivity index is 1.17. The maximum atomic E-state index is 13.0. The topological polar surface area (TPSA) is 88.0 Å². The maximum Gasteiger partial charge on any atom is 0.320 e. The zero-order chi connectivity index (χ0) is 23.8. The number of nitrogens with one attached hydrogen (secondary N) is 2. The Kier molecular flexibility index (Phi) is 5.66. The second kappa shape index (κ2) is 9.11. The highest BCUT2D eigenvalue weighted by Crippen LogP contribution is 2.34. The van der Waals surface area contributed by atoms with E-state index in [0.29, 0.717) is 11.9 Å². The summed E-state index contributed by atoms with van der Waals surface area (Å²) in [5.41, 5.74) is 4.00. The maximum absolute atomic E-state index is 13.0. The van der Waals surface area contributed by atoms with E-state index < -0.39 is 0 Å². The predicted octanol–water partition coefficient (Wildman–Crippen LogP) is 4.27. The van der Waals surface area contributed by atoms with E-state index in [4.69, 9.17) is 0 Å². The molecule has 4 heterocycles. The summed E-state index contributed by atoms with van der Waals surface area (Å²) in [6.07, 6.45) is 9.13. The Morgan fingerprint density at radius 2 is 1.89 bits per heavy atom. The minimum absolute atomic E-state index is 0.0550. The zero-order valence-corrected chi connectivity index (χ0v) is 19.8. The van der Waals surface area contributed by atoms with Crippen molar-refractivity contribution in [3.05, 3.63) is 78.4 Å². The van der Waals surface area contributed by atoms with Gasteiger partial charge in [-0.25, -0.2) is 14.5 Å². The first-order valence-corrected chi connectivity index (χ1v) is 12.3. The van der Waals surface area contributed by atoms with Crippen molar-refractivity contribution in [1.29, 1.82) is 0 Å². The minimum atomic E-state index is -0.226. The molecule has 3 aromatic heterocycles. The lowest BCUT2D eigenvalue weighted by Crippen LogP contribution is -2.44. The smallest absolute Gasteiger partial charge is 0.320 e. The van der Waals surface area contributed by atoms with Crippen molar-refractivity contribution in [3.8, 4) is 5.69 Å². The minimum Gasteiger partial charge on any atom is -0.333 e. The third-order valence-corrected chi connectivity index (χ3v) is 7.30. The molecule has 2 aliphatic rings. The van der Waals surface area contributed by atoms with Crippen molar-refractivity contribution in [3.63, 3.8) is 0 Å². The van der Waals surface area contributed by atoms with Gasteiger partial charge in [-0.2, -0.15) is 5.10 Å². The van der Waals surface area contributed by atoms with Crippen LogP contribution >= 0.6 is 0 Å². The van der Waals surface area contributed by atoms with Crippen LogP contribution < -0.4 is 10.6 Å². The molecule has 8 heteroatoms. The Morgan fingerprint density at radius 3 is 2.66 bits per heavy atom. The third-order valence-electron chi connectivity index (χ3n) is 7.30. The van der Waals surface area contributed by atoms with Crippen LogP contribution in [0.15, 0.2) is 67.1 Å². The second-order valence-corrected chi connectivity index (χ2v) is 9.60. The van der Waals surface area contributed by atoms with E-state index in [9.17, 15) is 4.79 Å². The predicted molar refractivity (Wildman–Crippen MR) is 136 cm³/mol. The van der Waals surface area contributed by atoms with Crippen LogP contribution in [-0.4, -0.2) is 55.9 Å². The number of urea groups is 1. The van der Waals surface area contributed by atoms with E-state index in [1.807, 2.05) is 35.9 Å². The Morgan fingerprint density at radius 1 is 1.03 bits per heavy atom. The lowest BCUT2D eigenvalue weighted by atomic mass is 9.91. The highest BCUT2D eigenvalue weighted by molar-refractivity contribution is 5.91. The van der Waals surface area contributed by atoms with Crippen molar-refractivity contribution in [2.75, 3.05) is 18.4 Å². The van der Waals surface area contributed by atoms with E-state index in [2.05, 4.69) is 54.9 Å². The standard InChI is InChI=1S/C27H29N7O/c1-18-12-22(10-11-28-18)34-25-15-29-26(13-20(25)14-30-34)32-27(35)31-24-17-33(21-8-5-9-21)16-23(24)19-6-3-2-4-7-19/h2-4,6-7,10-15,21,23-24H,5,8-9,16-17H2,1H3,(H2,29,31,32,35)/t23-,24+/m1/s1. The van der Waals surface area contributed by atoms with Gasteiger partial charge in [0.1, 0.15) is 5.82 Å². The number of amides is 2. The van der Waals surface area contributed by atoms with Crippen molar-refractivity contribution in [2.24, 2.45) is 0 Å². The average molecular weight is 468 g/mol. The van der Waals surface area contributed by atoms with Crippen molar-refractivity contribution < 1.29 is 4.79 Å². The summed E-state index contributed by atoms with van der Waals surface area (Å²) in [5, 5.41) is 11.6. The molecule has 35 heavy (non-hydrogen) atoms. The summed E-state index contributed by atoms with van der Waals surface area (Å²) >= 11 is 0. The molecule has 1 aliphatic carbocycles. The van der Waals surface area contributed by atoms with E-state index in [1.165, 1.54) is 24.8 Å². The SMILES string of the molecule is Cc1cc(-n2ncc3cc(NC(=O)N[C@H]4CN(C5CCC5)C[C@@H]4c4ccccc4)ncc32)ccn1. The van der Waals surface area contributed by atoms with Gasteiger partial charge in [-0.3, -0.25) is 15.2 Å². The quantitative estimate of drug-likeness (QED) is 0.458. The summed E-state index contributed by atoms with van der Waals surface area (Å²) in [6.45, 7) is 3.81. The number of nitrogens with zero attached hydrogens (tertiary/aromatic N) is 5. The summed E-state index contributed by atoms with van der Waals surface area (Å²) in [5.74, 6) is 0.783. The highest BCUT2D eigenvalue weighted by Gasteiger charge is 2.39. The second-order valence-electron chi connectivity index (χ2n) is 9.60. The molecule has 1 saturated heterocycles. The van der Waals surface area contributed by atoms with Crippen LogP contribution in [0.5, 0.6) is 0 Å². The molecule has 4 aromatic rings. The molecular formula is C27H29N7O. The Bertz CT molecular complexity index is 1350. The van der Waals surface area contributed by atoms with Crippen molar-refractivity contribution in [2.45, 2.75) is 44.2 Å². The number of carbonyl (C=O) groups is 1. The lowest BCUT2D eigenvalue weighted by molar-refractivity contribution is 0.154. The number of aromatic nitrogens is 4. The van der Waals surface area contributed by atoms with Gasteiger partial charge in [0.25, 0.3) is 0 Å². The van der Waals surface area contributed by atoms with E-state index in [1.54, 1.807) is 18.6 Å². The molecule has 0 radical (unpaired) electrons. The number of anilines is 1. The number of hydrogen-bond acceptors (Lipinski definition) is 5. The normalized spacial score (nSPS) is 20.6. The molecule has 2 fully saturated rings. The molecule has 6 rings (SSSR count). The number of pyridine rings is 2. The molecule has 1 aromatic carbocycles. The van der Waals surface area contributed by atoms with Crippen LogP contribution in [0.25, 0.3) is 16.6 Å². The fraction of sp³-hybridized carbons (Fsp3) is 0.333. The summed E-state index contributed by atoms with van der Waals surface area (Å²) < 4.78 is 1.83. The summed E-state index contributed by atoms with van der Waals surface area (Å²) in [6, 6.07) is 16.7. The van der Waals surface area contributed by atoms with Gasteiger partial charge in [0, 0.05) is 42.3 Å². The number of hydrogen-bond donors (Lipinski definition) is 2. The molecule has 0 spiro atoms. The molecule has 178 valence electrons. The number of benzene rings is 1. The average Bonchev–Trinajstić information content (AvgIpc) is 3.42. The van der Waals surface area contributed by atoms with Gasteiger partial charge < -0.3 is 5.32 Å². The van der Waals surface area contributed by atoms with Crippen LogP contribution in [0.4, 0.5) is 10.6 Å². The number of likely N-dealkylation sites (tertiary alicyclic amines) is 1. The van der Waals surface area contributed by atoms with Gasteiger partial charge in [0.2, 0.25) is 0 Å². The lowest BCUT2D eigenvalue weighted by Gasteiger charge is -2.34. The molecule has 0 unspecified atom stereocenters. The first-order chi connectivity index (χ1) is 17.1. The van der Waals surface area contributed by atoms with Gasteiger partial charge in [-0.15, -0.1) is 0 Å². The van der Waals surface area contributed by atoms with Crippen LogP contribution in [0.1, 0.15) is 36.4 Å². The van der Waals surface area contributed by atoms with Crippen LogP contribution in [-0.2, 0) is 0 Å². The van der Waals surface area contributed by atoms with Gasteiger partial charge in [0.05, 0.1) is 29.6 Å². The Hall–Kier alpha value is -3.78. The molecular weight excluding hydrogens is 438 g/mol. The van der Waals surface area contributed by atoms with E-state index in [0.717, 1.165) is 35.4 Å². The molecule has 0 bridgehead atoms. The number of carbonyl (C=O) groups excluding carboxylic acids is 1. The van der Waals surface area contributed by atoms with E-state index >= 15 is 0 Å². The molecule has 8 nitrogen and oxygen atoms in total. The number of rotatable bonds is 5. The molecule has 1 saturated carbocycles. The summed E-state index contributed by atoms with van der Waals surface area (Å²) in [7, 11) is 0. The highest BCUT2D eigenvalue weighted by atomic mass is 16.2. The first-order valence-electron chi connectivity index (χ1n) is 12.3. The summed E-state index contributed by atoms with van der Waals surface area (Å²) in [4.78, 5) is 24.3. The molecule has 2 amide bonds. The third kappa shape index (κ3) is 4.37. The fourth-order valence-corrected chi connectivity index (χ4v) is 5.25. The largest absolute Gasteiger partial charge is 0.333 e. The van der Waals surface area contributed by atoms with Crippen molar-refractivity contribution >= 4 is 22.8 Å². The van der Waals surface area contributed by atoms with Crippen LogP contribution in [0, 0.1) is 6.92 Å². The Labute approximate surface area is 204 Å². The van der Waals surface area contributed by atoms with Crippen LogP contribution in [0.2, 0.25) is 0 Å². The van der Waals surface area contributed by atoms with Gasteiger partial charge in [-0.05, 0) is 43.5 Å². The van der Waals surface area contributed by atoms with Gasteiger partial charge in [-0.1, -0.05) is 36.8 Å². The van der Waals surface area contributed by atoms with Crippen molar-refractivity contribution in [1.82, 2.24) is 30.0 Å². The van der Waals surface area contributed by atoms with Gasteiger partial charge in [0.15, 0.2) is 0 Å². The number of aryl methyl sites for hydroxylation is 1. The zero-order valence-electron chi connectivity index (χ0n) is 19.8. The van der Waals surface area contributed by atoms with Gasteiger partial charge >= 0.3 is 6.03 Å². The molecule has 2 N–H and O–H groups in total. The van der Waals surface area contributed by atoms with Crippen LogP contribution in [0.3, 0.4) is 0 Å². The molecule has 2 atom stereocenters.